The molecule has 0 fully saturated rings. The molecule has 3 nitrogen and oxygen atoms in total. The number of hydrogen-bond acceptors (Lipinski definition) is 2. The minimum atomic E-state index is 0.650. The number of fused-ring (bicyclic) bond motifs is 1. The van der Waals surface area contributed by atoms with Crippen LogP contribution >= 0.6 is 0 Å². The number of nitrogens with zero attached hydrogens (tertiary/aromatic N) is 2. The highest BCUT2D eigenvalue weighted by Crippen LogP contribution is 2.17. The van der Waals surface area contributed by atoms with Crippen molar-refractivity contribution in [3.05, 3.63) is 12.3 Å². The van der Waals surface area contributed by atoms with Gasteiger partial charge < -0.3 is 4.74 Å². The molecule has 3 heteroatoms. The lowest BCUT2D eigenvalue weighted by atomic mass is 10.1. The zero-order chi connectivity index (χ0) is 7.68. The summed E-state index contributed by atoms with van der Waals surface area (Å²) in [5.74, 6) is 1.56. The fraction of sp³-hybridized carbons (Fsp3) is 0.625. The monoisotopic (exact) mass is 152 g/mol. The highest BCUT2D eigenvalue weighted by atomic mass is 16.5. The van der Waals surface area contributed by atoms with E-state index in [9.17, 15) is 0 Å². The molecule has 2 rings (SSSR count). The van der Waals surface area contributed by atoms with Crippen LogP contribution in [0.4, 0.5) is 0 Å². The fourth-order valence-corrected chi connectivity index (χ4v) is 1.26. The summed E-state index contributed by atoms with van der Waals surface area (Å²) in [6.45, 7) is 4.02. The number of rotatable bonds is 0. The van der Waals surface area contributed by atoms with Crippen molar-refractivity contribution in [3.8, 4) is 5.88 Å². The van der Waals surface area contributed by atoms with Gasteiger partial charge >= 0.3 is 0 Å². The standard InChI is InChI=1S/C8H12N2O/c1-7-3-5-10-8(11-6-7)2-4-9-10/h2,4,7H,3,5-6H2,1H3. The van der Waals surface area contributed by atoms with Crippen LogP contribution in [0.1, 0.15) is 13.3 Å². The first kappa shape index (κ1) is 6.70. The third-order valence-electron chi connectivity index (χ3n) is 2.03. The normalized spacial score (nSPS) is 23.5. The van der Waals surface area contributed by atoms with E-state index in [1.807, 2.05) is 10.7 Å². The second kappa shape index (κ2) is 2.57. The fourth-order valence-electron chi connectivity index (χ4n) is 1.26. The van der Waals surface area contributed by atoms with Gasteiger partial charge in [-0.15, -0.1) is 0 Å². The summed E-state index contributed by atoms with van der Waals surface area (Å²) < 4.78 is 7.42. The Bertz CT molecular complexity index is 221. The zero-order valence-electron chi connectivity index (χ0n) is 6.66. The molecule has 2 heterocycles. The molecule has 60 valence electrons. The predicted octanol–water partition coefficient (Wildman–Crippen LogP) is 1.30. The topological polar surface area (TPSA) is 27.1 Å². The Morgan fingerprint density at radius 2 is 2.64 bits per heavy atom. The first-order chi connectivity index (χ1) is 5.36. The molecule has 1 atom stereocenters. The third kappa shape index (κ3) is 1.23. The molecule has 0 bridgehead atoms. The van der Waals surface area contributed by atoms with Gasteiger partial charge in [0.15, 0.2) is 0 Å². The van der Waals surface area contributed by atoms with Gasteiger partial charge in [-0.1, -0.05) is 6.92 Å². The van der Waals surface area contributed by atoms with Crippen LogP contribution in [0.3, 0.4) is 0 Å². The molecule has 1 aliphatic heterocycles. The van der Waals surface area contributed by atoms with Gasteiger partial charge in [-0.05, 0) is 12.3 Å². The van der Waals surface area contributed by atoms with Crippen molar-refractivity contribution in [1.29, 1.82) is 0 Å². The molecule has 0 amide bonds. The van der Waals surface area contributed by atoms with Crippen molar-refractivity contribution in [1.82, 2.24) is 9.78 Å². The number of hydrogen-bond donors (Lipinski definition) is 0. The predicted molar refractivity (Wildman–Crippen MR) is 41.5 cm³/mol. The van der Waals surface area contributed by atoms with E-state index in [0.29, 0.717) is 5.92 Å². The van der Waals surface area contributed by atoms with Crippen molar-refractivity contribution < 1.29 is 4.74 Å². The van der Waals surface area contributed by atoms with Crippen LogP contribution < -0.4 is 4.74 Å². The Kier molecular flexibility index (Phi) is 1.56. The molecule has 0 saturated heterocycles. The van der Waals surface area contributed by atoms with E-state index in [-0.39, 0.29) is 0 Å². The summed E-state index contributed by atoms with van der Waals surface area (Å²) in [7, 11) is 0. The van der Waals surface area contributed by atoms with Crippen LogP contribution in [0, 0.1) is 5.92 Å². The maximum Gasteiger partial charge on any atom is 0.211 e. The summed E-state index contributed by atoms with van der Waals surface area (Å²) >= 11 is 0. The molecule has 0 aliphatic carbocycles. The van der Waals surface area contributed by atoms with Crippen LogP contribution in [0.5, 0.6) is 5.88 Å². The van der Waals surface area contributed by atoms with Crippen LogP contribution in [0.15, 0.2) is 12.3 Å². The Hall–Kier alpha value is -0.990. The molecule has 1 aromatic rings. The van der Waals surface area contributed by atoms with E-state index < -0.39 is 0 Å². The van der Waals surface area contributed by atoms with Gasteiger partial charge in [-0.2, -0.15) is 5.10 Å². The molecule has 11 heavy (non-hydrogen) atoms. The van der Waals surface area contributed by atoms with Crippen LogP contribution in [-0.4, -0.2) is 16.4 Å². The Morgan fingerprint density at radius 3 is 3.55 bits per heavy atom. The van der Waals surface area contributed by atoms with E-state index >= 15 is 0 Å². The van der Waals surface area contributed by atoms with E-state index in [4.69, 9.17) is 4.74 Å². The molecule has 0 saturated carbocycles. The van der Waals surface area contributed by atoms with Crippen LogP contribution in [-0.2, 0) is 6.54 Å². The van der Waals surface area contributed by atoms with Gasteiger partial charge in [0.05, 0.1) is 12.8 Å². The van der Waals surface area contributed by atoms with Gasteiger partial charge in [-0.3, -0.25) is 0 Å². The number of ether oxygens (including phenoxy) is 1. The number of aryl methyl sites for hydroxylation is 1. The average Bonchev–Trinajstić information content (AvgIpc) is 2.38. The molecule has 0 spiro atoms. The highest BCUT2D eigenvalue weighted by Gasteiger charge is 2.12. The van der Waals surface area contributed by atoms with Crippen molar-refractivity contribution in [2.45, 2.75) is 19.9 Å². The molecular formula is C8H12N2O. The van der Waals surface area contributed by atoms with Crippen LogP contribution in [0.25, 0.3) is 0 Å². The first-order valence-corrected chi connectivity index (χ1v) is 4.01. The van der Waals surface area contributed by atoms with Crippen molar-refractivity contribution in [2.24, 2.45) is 5.92 Å². The lowest BCUT2D eigenvalue weighted by Gasteiger charge is -2.04. The average molecular weight is 152 g/mol. The SMILES string of the molecule is CC1CCn2nccc2OC1. The zero-order valence-corrected chi connectivity index (χ0v) is 6.66. The number of aromatic nitrogens is 2. The molecule has 1 aliphatic rings. The molecule has 0 N–H and O–H groups in total. The first-order valence-electron chi connectivity index (χ1n) is 4.01. The minimum absolute atomic E-state index is 0.650. The van der Waals surface area contributed by atoms with E-state index in [0.717, 1.165) is 25.5 Å². The molecular weight excluding hydrogens is 140 g/mol. The molecule has 0 aromatic carbocycles. The Labute approximate surface area is 66.0 Å². The molecule has 1 unspecified atom stereocenters. The van der Waals surface area contributed by atoms with Gasteiger partial charge in [0, 0.05) is 12.6 Å². The lowest BCUT2D eigenvalue weighted by molar-refractivity contribution is 0.260. The lowest BCUT2D eigenvalue weighted by Crippen LogP contribution is -2.05. The van der Waals surface area contributed by atoms with E-state index in [1.54, 1.807) is 6.20 Å². The Balaban J connectivity index is 2.20. The smallest absolute Gasteiger partial charge is 0.211 e. The summed E-state index contributed by atoms with van der Waals surface area (Å²) in [5.41, 5.74) is 0. The van der Waals surface area contributed by atoms with Crippen molar-refractivity contribution in [3.63, 3.8) is 0 Å². The van der Waals surface area contributed by atoms with E-state index in [2.05, 4.69) is 12.0 Å². The van der Waals surface area contributed by atoms with Gasteiger partial charge in [0.2, 0.25) is 5.88 Å². The largest absolute Gasteiger partial charge is 0.478 e. The summed E-state index contributed by atoms with van der Waals surface area (Å²) in [6, 6.07) is 1.91. The minimum Gasteiger partial charge on any atom is -0.478 e. The second-order valence-electron chi connectivity index (χ2n) is 3.10. The van der Waals surface area contributed by atoms with E-state index in [1.165, 1.54) is 0 Å². The maximum absolute atomic E-state index is 5.50. The molecule has 0 radical (unpaired) electrons. The maximum atomic E-state index is 5.50. The second-order valence-corrected chi connectivity index (χ2v) is 3.10. The summed E-state index contributed by atoms with van der Waals surface area (Å²) in [6.07, 6.45) is 2.94. The quantitative estimate of drug-likeness (QED) is 0.560. The van der Waals surface area contributed by atoms with Crippen molar-refractivity contribution in [2.75, 3.05) is 6.61 Å². The summed E-state index contributed by atoms with van der Waals surface area (Å²) in [4.78, 5) is 0. The highest BCUT2D eigenvalue weighted by molar-refractivity contribution is 5.08. The molecule has 1 aromatic heterocycles. The van der Waals surface area contributed by atoms with Gasteiger partial charge in [0.25, 0.3) is 0 Å². The third-order valence-corrected chi connectivity index (χ3v) is 2.03. The Morgan fingerprint density at radius 1 is 1.73 bits per heavy atom. The summed E-state index contributed by atoms with van der Waals surface area (Å²) in [5, 5.41) is 4.14. The van der Waals surface area contributed by atoms with Crippen LogP contribution in [0.2, 0.25) is 0 Å². The van der Waals surface area contributed by atoms with Gasteiger partial charge in [0.1, 0.15) is 0 Å². The van der Waals surface area contributed by atoms with Crippen molar-refractivity contribution >= 4 is 0 Å². The van der Waals surface area contributed by atoms with Gasteiger partial charge in [-0.25, -0.2) is 4.68 Å².